The fourth-order valence-corrected chi connectivity index (χ4v) is 3.39. The second kappa shape index (κ2) is 6.97. The fourth-order valence-electron chi connectivity index (χ4n) is 3.39. The molecule has 1 saturated heterocycles. The van der Waals surface area contributed by atoms with Crippen molar-refractivity contribution in [3.05, 3.63) is 48.0 Å². The predicted octanol–water partition coefficient (Wildman–Crippen LogP) is 3.29. The van der Waals surface area contributed by atoms with E-state index < -0.39 is 0 Å². The molecule has 1 atom stereocenters. The first-order chi connectivity index (χ1) is 10.8. The Morgan fingerprint density at radius 2 is 2.27 bits per heavy atom. The minimum atomic E-state index is 0.550. The van der Waals surface area contributed by atoms with E-state index in [0.29, 0.717) is 5.92 Å². The number of aryl methyl sites for hydroxylation is 1. The van der Waals surface area contributed by atoms with Crippen molar-refractivity contribution in [2.24, 2.45) is 0 Å². The van der Waals surface area contributed by atoms with Gasteiger partial charge in [-0.05, 0) is 44.0 Å². The van der Waals surface area contributed by atoms with Gasteiger partial charge in [-0.15, -0.1) is 0 Å². The van der Waals surface area contributed by atoms with Crippen molar-refractivity contribution in [2.45, 2.75) is 38.8 Å². The number of piperidine rings is 1. The van der Waals surface area contributed by atoms with Crippen molar-refractivity contribution >= 4 is 0 Å². The highest BCUT2D eigenvalue weighted by Crippen LogP contribution is 2.27. The quantitative estimate of drug-likeness (QED) is 0.848. The van der Waals surface area contributed by atoms with Gasteiger partial charge in [0.05, 0.1) is 7.11 Å². The van der Waals surface area contributed by atoms with E-state index in [1.165, 1.54) is 30.8 Å². The summed E-state index contributed by atoms with van der Waals surface area (Å²) in [5.74, 6) is 2.74. The maximum absolute atomic E-state index is 5.32. The van der Waals surface area contributed by atoms with E-state index in [2.05, 4.69) is 45.8 Å². The highest BCUT2D eigenvalue weighted by molar-refractivity contribution is 5.28. The zero-order valence-electron chi connectivity index (χ0n) is 13.5. The van der Waals surface area contributed by atoms with E-state index >= 15 is 0 Å². The molecule has 0 saturated carbocycles. The number of likely N-dealkylation sites (tertiary alicyclic amines) is 1. The van der Waals surface area contributed by atoms with Gasteiger partial charge in [0.2, 0.25) is 0 Å². The molecule has 22 heavy (non-hydrogen) atoms. The Hall–Kier alpha value is -1.81. The summed E-state index contributed by atoms with van der Waals surface area (Å²) in [5.41, 5.74) is 1.32. The predicted molar refractivity (Wildman–Crippen MR) is 88.1 cm³/mol. The van der Waals surface area contributed by atoms with Crippen molar-refractivity contribution in [3.8, 4) is 5.75 Å². The molecule has 0 radical (unpaired) electrons. The zero-order chi connectivity index (χ0) is 15.4. The second-order valence-corrected chi connectivity index (χ2v) is 6.00. The Morgan fingerprint density at radius 1 is 1.36 bits per heavy atom. The first-order valence-electron chi connectivity index (χ1n) is 8.16. The van der Waals surface area contributed by atoms with Crippen molar-refractivity contribution in [1.29, 1.82) is 0 Å². The molecule has 1 aliphatic heterocycles. The second-order valence-electron chi connectivity index (χ2n) is 6.00. The highest BCUT2D eigenvalue weighted by Gasteiger charge is 2.24. The molecule has 0 amide bonds. The van der Waals surface area contributed by atoms with Crippen molar-refractivity contribution < 1.29 is 4.74 Å². The molecule has 1 aromatic heterocycles. The zero-order valence-corrected chi connectivity index (χ0v) is 13.5. The number of imidazole rings is 1. The van der Waals surface area contributed by atoms with Crippen LogP contribution in [-0.4, -0.2) is 34.7 Å². The third kappa shape index (κ3) is 3.33. The van der Waals surface area contributed by atoms with Gasteiger partial charge in [-0.1, -0.05) is 12.1 Å². The average molecular weight is 299 g/mol. The van der Waals surface area contributed by atoms with Crippen LogP contribution < -0.4 is 4.74 Å². The minimum absolute atomic E-state index is 0.550. The average Bonchev–Trinajstić information content (AvgIpc) is 3.04. The molecule has 118 valence electrons. The third-order valence-corrected chi connectivity index (χ3v) is 4.50. The summed E-state index contributed by atoms with van der Waals surface area (Å²) < 4.78 is 7.60. The first-order valence-corrected chi connectivity index (χ1v) is 8.16. The van der Waals surface area contributed by atoms with Gasteiger partial charge >= 0.3 is 0 Å². The van der Waals surface area contributed by atoms with E-state index in [1.54, 1.807) is 7.11 Å². The molecule has 1 fully saturated rings. The SMILES string of the molecule is CCn1ccnc1[C@H]1CCCN(Cc2cccc(OC)c2)C1. The molecular formula is C18H25N3O. The van der Waals surface area contributed by atoms with E-state index in [-0.39, 0.29) is 0 Å². The molecule has 2 heterocycles. The Bertz CT molecular complexity index is 608. The maximum Gasteiger partial charge on any atom is 0.119 e. The summed E-state index contributed by atoms with van der Waals surface area (Å²) in [5, 5.41) is 0. The van der Waals surface area contributed by atoms with E-state index in [9.17, 15) is 0 Å². The van der Waals surface area contributed by atoms with Gasteiger partial charge in [0.15, 0.2) is 0 Å². The van der Waals surface area contributed by atoms with Crippen LogP contribution in [-0.2, 0) is 13.1 Å². The van der Waals surface area contributed by atoms with Crippen LogP contribution in [0.4, 0.5) is 0 Å². The van der Waals surface area contributed by atoms with Gasteiger partial charge in [0.25, 0.3) is 0 Å². The summed E-state index contributed by atoms with van der Waals surface area (Å²) in [7, 11) is 1.72. The number of benzene rings is 1. The largest absolute Gasteiger partial charge is 0.497 e. The lowest BCUT2D eigenvalue weighted by atomic mass is 9.96. The van der Waals surface area contributed by atoms with E-state index in [0.717, 1.165) is 25.4 Å². The van der Waals surface area contributed by atoms with Gasteiger partial charge in [-0.2, -0.15) is 0 Å². The van der Waals surface area contributed by atoms with Gasteiger partial charge in [0, 0.05) is 37.9 Å². The molecule has 1 aromatic carbocycles. The van der Waals surface area contributed by atoms with Crippen LogP contribution in [0.2, 0.25) is 0 Å². The van der Waals surface area contributed by atoms with Crippen LogP contribution >= 0.6 is 0 Å². The molecular weight excluding hydrogens is 274 g/mol. The molecule has 0 N–H and O–H groups in total. The van der Waals surface area contributed by atoms with Gasteiger partial charge in [-0.25, -0.2) is 4.98 Å². The molecule has 4 nitrogen and oxygen atoms in total. The van der Waals surface area contributed by atoms with Crippen LogP contribution in [0, 0.1) is 0 Å². The van der Waals surface area contributed by atoms with Crippen molar-refractivity contribution in [3.63, 3.8) is 0 Å². The first kappa shape index (κ1) is 15.1. The molecule has 0 spiro atoms. The number of methoxy groups -OCH3 is 1. The lowest BCUT2D eigenvalue weighted by Gasteiger charge is -2.32. The van der Waals surface area contributed by atoms with E-state index in [1.807, 2.05) is 12.3 Å². The van der Waals surface area contributed by atoms with Gasteiger partial charge in [-0.3, -0.25) is 4.90 Å². The Kier molecular flexibility index (Phi) is 4.78. The van der Waals surface area contributed by atoms with Crippen LogP contribution in [0.5, 0.6) is 5.75 Å². The summed E-state index contributed by atoms with van der Waals surface area (Å²) in [6.07, 6.45) is 6.51. The Morgan fingerprint density at radius 3 is 3.09 bits per heavy atom. The van der Waals surface area contributed by atoms with Crippen LogP contribution in [0.25, 0.3) is 0 Å². The molecule has 4 heteroatoms. The molecule has 0 unspecified atom stereocenters. The number of hydrogen-bond acceptors (Lipinski definition) is 3. The number of ether oxygens (including phenoxy) is 1. The van der Waals surface area contributed by atoms with Crippen LogP contribution in [0.3, 0.4) is 0 Å². The van der Waals surface area contributed by atoms with Crippen molar-refractivity contribution in [1.82, 2.24) is 14.5 Å². The summed E-state index contributed by atoms with van der Waals surface area (Å²) in [6, 6.07) is 8.38. The Balaban J connectivity index is 1.68. The monoisotopic (exact) mass is 299 g/mol. The van der Waals surface area contributed by atoms with Gasteiger partial charge in [0.1, 0.15) is 11.6 Å². The fraction of sp³-hybridized carbons (Fsp3) is 0.500. The van der Waals surface area contributed by atoms with Crippen LogP contribution in [0.15, 0.2) is 36.7 Å². The van der Waals surface area contributed by atoms with Crippen LogP contribution in [0.1, 0.15) is 37.1 Å². The summed E-state index contributed by atoms with van der Waals surface area (Å²) in [4.78, 5) is 7.14. The number of rotatable bonds is 5. The number of hydrogen-bond donors (Lipinski definition) is 0. The van der Waals surface area contributed by atoms with Gasteiger partial charge < -0.3 is 9.30 Å². The summed E-state index contributed by atoms with van der Waals surface area (Å²) in [6.45, 7) is 6.43. The molecule has 0 bridgehead atoms. The van der Waals surface area contributed by atoms with Crippen molar-refractivity contribution in [2.75, 3.05) is 20.2 Å². The molecule has 0 aliphatic carbocycles. The Labute approximate surface area is 132 Å². The minimum Gasteiger partial charge on any atom is -0.497 e. The number of nitrogens with zero attached hydrogens (tertiary/aromatic N) is 3. The smallest absolute Gasteiger partial charge is 0.119 e. The molecule has 2 aromatic rings. The standard InChI is InChI=1S/C18H25N3O/c1-3-21-11-9-19-18(21)16-7-5-10-20(14-16)13-15-6-4-8-17(12-15)22-2/h4,6,8-9,11-12,16H,3,5,7,10,13-14H2,1-2H3/t16-/m0/s1. The number of aromatic nitrogens is 2. The van der Waals surface area contributed by atoms with E-state index in [4.69, 9.17) is 4.74 Å². The summed E-state index contributed by atoms with van der Waals surface area (Å²) >= 11 is 0. The molecule has 1 aliphatic rings. The topological polar surface area (TPSA) is 30.3 Å². The normalized spacial score (nSPS) is 19.3. The lowest BCUT2D eigenvalue weighted by Crippen LogP contribution is -2.34. The maximum atomic E-state index is 5.32. The third-order valence-electron chi connectivity index (χ3n) is 4.50. The highest BCUT2D eigenvalue weighted by atomic mass is 16.5. The molecule has 3 rings (SSSR count). The lowest BCUT2D eigenvalue weighted by molar-refractivity contribution is 0.194.